The van der Waals surface area contributed by atoms with Crippen LogP contribution in [0, 0.1) is 11.8 Å². The fraction of sp³-hybridized carbons (Fsp3) is 0.750. The Hall–Kier alpha value is -1.40. The largest absolute Gasteiger partial charge is 0.378 e. The minimum atomic E-state index is 0.143. The summed E-state index contributed by atoms with van der Waals surface area (Å²) in [5, 5.41) is 4.21. The van der Waals surface area contributed by atoms with Crippen molar-refractivity contribution in [1.82, 2.24) is 19.6 Å². The van der Waals surface area contributed by atoms with Crippen molar-refractivity contribution < 1.29 is 9.53 Å². The van der Waals surface area contributed by atoms with E-state index in [1.807, 2.05) is 22.8 Å². The fourth-order valence-corrected chi connectivity index (χ4v) is 3.51. The quantitative estimate of drug-likeness (QED) is 0.807. The molecule has 22 heavy (non-hydrogen) atoms. The van der Waals surface area contributed by atoms with Gasteiger partial charge in [-0.25, -0.2) is 0 Å². The van der Waals surface area contributed by atoms with Gasteiger partial charge in [-0.3, -0.25) is 9.48 Å². The number of rotatable bonds is 4. The first-order valence-electron chi connectivity index (χ1n) is 8.21. The Bertz CT molecular complexity index is 510. The Labute approximate surface area is 132 Å². The second-order valence-corrected chi connectivity index (χ2v) is 6.48. The first-order chi connectivity index (χ1) is 10.6. The number of likely N-dealkylation sites (tertiary alicyclic amines) is 1. The van der Waals surface area contributed by atoms with Gasteiger partial charge in [0, 0.05) is 58.1 Å². The Balaban J connectivity index is 1.52. The van der Waals surface area contributed by atoms with Gasteiger partial charge in [0.05, 0.1) is 19.1 Å². The lowest BCUT2D eigenvalue weighted by Gasteiger charge is -2.30. The lowest BCUT2D eigenvalue weighted by atomic mass is 9.96. The monoisotopic (exact) mass is 306 g/mol. The van der Waals surface area contributed by atoms with Crippen LogP contribution in [0.4, 0.5) is 0 Å². The summed E-state index contributed by atoms with van der Waals surface area (Å²) >= 11 is 0. The van der Waals surface area contributed by atoms with Crippen LogP contribution in [-0.2, 0) is 23.0 Å². The van der Waals surface area contributed by atoms with Gasteiger partial charge in [-0.15, -0.1) is 0 Å². The molecule has 2 saturated heterocycles. The molecule has 0 aromatic carbocycles. The maximum atomic E-state index is 12.7. The van der Waals surface area contributed by atoms with E-state index in [-0.39, 0.29) is 5.92 Å². The smallest absolute Gasteiger partial charge is 0.227 e. The van der Waals surface area contributed by atoms with Crippen LogP contribution in [-0.4, -0.2) is 71.4 Å². The topological polar surface area (TPSA) is 50.6 Å². The molecule has 3 rings (SSSR count). The van der Waals surface area contributed by atoms with Gasteiger partial charge in [-0.05, 0) is 12.0 Å². The van der Waals surface area contributed by atoms with Crippen molar-refractivity contribution in [3.63, 3.8) is 0 Å². The summed E-state index contributed by atoms with van der Waals surface area (Å²) in [5.74, 6) is 0.894. The molecule has 2 fully saturated rings. The number of carbonyl (C=O) groups is 1. The van der Waals surface area contributed by atoms with Crippen LogP contribution in [0.3, 0.4) is 0 Å². The molecule has 2 aliphatic heterocycles. The number of carbonyl (C=O) groups excluding carboxylic acids is 1. The van der Waals surface area contributed by atoms with Crippen LogP contribution in [0.25, 0.3) is 0 Å². The summed E-state index contributed by atoms with van der Waals surface area (Å²) in [6.45, 7) is 7.94. The number of hydrogen-bond donors (Lipinski definition) is 0. The van der Waals surface area contributed by atoms with Crippen LogP contribution < -0.4 is 0 Å². The van der Waals surface area contributed by atoms with Crippen molar-refractivity contribution in [2.75, 3.05) is 45.9 Å². The highest BCUT2D eigenvalue weighted by Gasteiger charge is 2.37. The molecular formula is C16H26N4O2. The highest BCUT2D eigenvalue weighted by atomic mass is 16.5. The van der Waals surface area contributed by atoms with E-state index < -0.39 is 0 Å². The summed E-state index contributed by atoms with van der Waals surface area (Å²) in [4.78, 5) is 17.1. The van der Waals surface area contributed by atoms with Crippen LogP contribution in [0.1, 0.15) is 12.6 Å². The molecule has 0 aliphatic carbocycles. The maximum Gasteiger partial charge on any atom is 0.227 e. The normalized spacial score (nSPS) is 26.5. The molecule has 0 saturated carbocycles. The maximum absolute atomic E-state index is 12.7. The van der Waals surface area contributed by atoms with Gasteiger partial charge in [-0.1, -0.05) is 6.92 Å². The summed E-state index contributed by atoms with van der Waals surface area (Å²) < 4.78 is 7.27. The Morgan fingerprint density at radius 3 is 2.82 bits per heavy atom. The zero-order chi connectivity index (χ0) is 15.5. The number of aromatic nitrogens is 2. The standard InChI is InChI=1S/C16H26N4O2/c1-13-11-19(6-4-14-3-5-17-18(14)2)12-15(13)16(21)20-7-9-22-10-8-20/h3,5,13,15H,4,6-12H2,1-2H3/t13-,15-/m1/s1. The molecule has 1 aromatic heterocycles. The molecule has 122 valence electrons. The van der Waals surface area contributed by atoms with Gasteiger partial charge in [-0.2, -0.15) is 5.10 Å². The zero-order valence-corrected chi connectivity index (χ0v) is 13.6. The van der Waals surface area contributed by atoms with E-state index in [2.05, 4.69) is 23.0 Å². The molecular weight excluding hydrogens is 280 g/mol. The summed E-state index contributed by atoms with van der Waals surface area (Å²) in [6.07, 6.45) is 2.83. The van der Waals surface area contributed by atoms with Crippen molar-refractivity contribution in [2.45, 2.75) is 13.3 Å². The molecule has 0 spiro atoms. The van der Waals surface area contributed by atoms with Crippen molar-refractivity contribution in [3.8, 4) is 0 Å². The molecule has 6 nitrogen and oxygen atoms in total. The second kappa shape index (κ2) is 6.79. The van der Waals surface area contributed by atoms with Crippen molar-refractivity contribution in [3.05, 3.63) is 18.0 Å². The molecule has 0 bridgehead atoms. The predicted molar refractivity (Wildman–Crippen MR) is 83.4 cm³/mol. The van der Waals surface area contributed by atoms with E-state index >= 15 is 0 Å². The molecule has 6 heteroatoms. The van der Waals surface area contributed by atoms with E-state index in [4.69, 9.17) is 4.74 Å². The van der Waals surface area contributed by atoms with Gasteiger partial charge >= 0.3 is 0 Å². The number of nitrogens with zero attached hydrogens (tertiary/aromatic N) is 4. The third kappa shape index (κ3) is 3.33. The molecule has 3 heterocycles. The minimum absolute atomic E-state index is 0.143. The molecule has 1 aromatic rings. The predicted octanol–water partition coefficient (Wildman–Crippen LogP) is 0.389. The Morgan fingerprint density at radius 1 is 1.36 bits per heavy atom. The number of morpholine rings is 1. The minimum Gasteiger partial charge on any atom is -0.378 e. The summed E-state index contributed by atoms with van der Waals surface area (Å²) in [7, 11) is 1.98. The van der Waals surface area contributed by atoms with E-state index in [1.54, 1.807) is 0 Å². The molecule has 0 N–H and O–H groups in total. The number of aryl methyl sites for hydroxylation is 1. The zero-order valence-electron chi connectivity index (χ0n) is 13.6. The van der Waals surface area contributed by atoms with Gasteiger partial charge < -0.3 is 14.5 Å². The van der Waals surface area contributed by atoms with Crippen LogP contribution in [0.2, 0.25) is 0 Å². The number of amides is 1. The van der Waals surface area contributed by atoms with E-state index in [0.717, 1.165) is 39.1 Å². The SMILES string of the molecule is C[C@@H]1CN(CCc2ccnn2C)C[C@H]1C(=O)N1CCOCC1. The first kappa shape index (κ1) is 15.5. The van der Waals surface area contributed by atoms with Crippen LogP contribution in [0.5, 0.6) is 0 Å². The van der Waals surface area contributed by atoms with Crippen LogP contribution in [0.15, 0.2) is 12.3 Å². The number of hydrogen-bond acceptors (Lipinski definition) is 4. The van der Waals surface area contributed by atoms with Gasteiger partial charge in [0.15, 0.2) is 0 Å². The summed E-state index contributed by atoms with van der Waals surface area (Å²) in [6, 6.07) is 2.07. The lowest BCUT2D eigenvalue weighted by molar-refractivity contribution is -0.140. The van der Waals surface area contributed by atoms with E-state index in [0.29, 0.717) is 25.0 Å². The third-order valence-corrected chi connectivity index (χ3v) is 4.93. The average molecular weight is 306 g/mol. The fourth-order valence-electron chi connectivity index (χ4n) is 3.51. The molecule has 2 atom stereocenters. The van der Waals surface area contributed by atoms with Crippen molar-refractivity contribution >= 4 is 5.91 Å². The van der Waals surface area contributed by atoms with Crippen molar-refractivity contribution in [1.29, 1.82) is 0 Å². The second-order valence-electron chi connectivity index (χ2n) is 6.48. The van der Waals surface area contributed by atoms with E-state index in [9.17, 15) is 4.79 Å². The highest BCUT2D eigenvalue weighted by Crippen LogP contribution is 2.25. The number of ether oxygens (including phenoxy) is 1. The molecule has 2 aliphatic rings. The lowest BCUT2D eigenvalue weighted by Crippen LogP contribution is -2.45. The molecule has 0 radical (unpaired) electrons. The molecule has 0 unspecified atom stereocenters. The highest BCUT2D eigenvalue weighted by molar-refractivity contribution is 5.79. The third-order valence-electron chi connectivity index (χ3n) is 4.93. The average Bonchev–Trinajstić information content (AvgIpc) is 3.11. The van der Waals surface area contributed by atoms with E-state index in [1.165, 1.54) is 5.69 Å². The first-order valence-corrected chi connectivity index (χ1v) is 8.21. The Kier molecular flexibility index (Phi) is 4.78. The van der Waals surface area contributed by atoms with Gasteiger partial charge in [0.2, 0.25) is 5.91 Å². The van der Waals surface area contributed by atoms with Gasteiger partial charge in [0.25, 0.3) is 0 Å². The van der Waals surface area contributed by atoms with Gasteiger partial charge in [0.1, 0.15) is 0 Å². The summed E-state index contributed by atoms with van der Waals surface area (Å²) in [5.41, 5.74) is 1.25. The molecule has 1 amide bonds. The van der Waals surface area contributed by atoms with Crippen LogP contribution >= 0.6 is 0 Å². The van der Waals surface area contributed by atoms with Crippen molar-refractivity contribution in [2.24, 2.45) is 18.9 Å². The Morgan fingerprint density at radius 2 is 2.14 bits per heavy atom.